The molecule has 0 amide bonds. The maximum absolute atomic E-state index is 6.00. The molecule has 15 heavy (non-hydrogen) atoms. The monoisotopic (exact) mass is 277 g/mol. The van der Waals surface area contributed by atoms with E-state index in [0.717, 1.165) is 13.0 Å². The third kappa shape index (κ3) is 2.77. The van der Waals surface area contributed by atoms with Crippen molar-refractivity contribution >= 4 is 3.27 Å². The Hall–Kier alpha value is -0.457. The van der Waals surface area contributed by atoms with Gasteiger partial charge in [-0.3, -0.25) is 0 Å². The second kappa shape index (κ2) is 5.58. The Labute approximate surface area is 99.8 Å². The Kier molecular flexibility index (Phi) is 4.11. The summed E-state index contributed by atoms with van der Waals surface area (Å²) in [5.41, 5.74) is 0. The first-order valence-corrected chi connectivity index (χ1v) is 8.79. The summed E-state index contributed by atoms with van der Waals surface area (Å²) in [4.78, 5) is 0. The quantitative estimate of drug-likeness (QED) is 0.823. The molecule has 0 atom stereocenters. The molecule has 0 fully saturated rings. The molecule has 0 heterocycles. The molecule has 0 saturated carbocycles. The molecule has 0 radical (unpaired) electrons. The van der Waals surface area contributed by atoms with E-state index < -0.39 is 22.2 Å². The summed E-state index contributed by atoms with van der Waals surface area (Å²) < 4.78 is 8.99. The van der Waals surface area contributed by atoms with Gasteiger partial charge in [0.2, 0.25) is 0 Å². The van der Waals surface area contributed by atoms with Gasteiger partial charge in [-0.05, 0) is 0 Å². The number of rotatable bonds is 4. The second-order valence-electron chi connectivity index (χ2n) is 3.45. The minimum absolute atomic E-state index is 0.834. The molecule has 0 aromatic heterocycles. The summed E-state index contributed by atoms with van der Waals surface area (Å²) in [6.45, 7) is 2.92. The molecule has 1 aromatic rings. The molecule has 0 saturated heterocycles. The zero-order valence-corrected chi connectivity index (χ0v) is 11.4. The Morgan fingerprint density at radius 1 is 1.27 bits per heavy atom. The van der Waals surface area contributed by atoms with Gasteiger partial charge >= 0.3 is 100 Å². The summed E-state index contributed by atoms with van der Waals surface area (Å²) in [5, 5.41) is 0. The standard InChI is InChI=1S/C6H5.C5H5.C2H5O.Zr/c1-2-4-6-5-3-1;1-2-4-5-3-1;1-2-3;/h1-5H;1-3H,4H2;2H2,1H3;/q;;-1;+1. The number of hydrogen-bond donors (Lipinski definition) is 0. The van der Waals surface area contributed by atoms with Crippen LogP contribution in [0.4, 0.5) is 0 Å². The first kappa shape index (κ1) is 11.0. The molecular weight excluding hydrogens is 263 g/mol. The Morgan fingerprint density at radius 3 is 2.67 bits per heavy atom. The molecule has 77 valence electrons. The van der Waals surface area contributed by atoms with E-state index in [4.69, 9.17) is 2.81 Å². The van der Waals surface area contributed by atoms with E-state index in [9.17, 15) is 0 Å². The van der Waals surface area contributed by atoms with Gasteiger partial charge in [-0.2, -0.15) is 0 Å². The van der Waals surface area contributed by atoms with Gasteiger partial charge in [-0.25, -0.2) is 0 Å². The normalized spacial score (nSPS) is 14.1. The van der Waals surface area contributed by atoms with Crippen LogP contribution in [-0.2, 0) is 25.0 Å². The third-order valence-corrected chi connectivity index (χ3v) is 8.26. The van der Waals surface area contributed by atoms with Crippen LogP contribution >= 0.6 is 0 Å². The van der Waals surface area contributed by atoms with Crippen LogP contribution < -0.4 is 3.27 Å². The fourth-order valence-corrected chi connectivity index (χ4v) is 6.77. The molecule has 1 nitrogen and oxygen atoms in total. The average molecular weight is 278 g/mol. The van der Waals surface area contributed by atoms with E-state index in [1.165, 1.54) is 3.27 Å². The number of benzene rings is 1. The Balaban J connectivity index is 2.20. The molecule has 0 bridgehead atoms. The van der Waals surface area contributed by atoms with Crippen molar-refractivity contribution in [3.8, 4) is 0 Å². The predicted molar refractivity (Wildman–Crippen MR) is 59.5 cm³/mol. The molecular formula is C13H15OZr. The predicted octanol–water partition coefficient (Wildman–Crippen LogP) is 2.73. The summed E-state index contributed by atoms with van der Waals surface area (Å²) in [6, 6.07) is 10.7. The van der Waals surface area contributed by atoms with Crippen LogP contribution in [0.2, 0.25) is 0 Å². The average Bonchev–Trinajstić information content (AvgIpc) is 2.80. The number of hydrogen-bond acceptors (Lipinski definition) is 1. The van der Waals surface area contributed by atoms with Crippen molar-refractivity contribution in [1.29, 1.82) is 0 Å². The van der Waals surface area contributed by atoms with E-state index >= 15 is 0 Å². The molecule has 0 aliphatic heterocycles. The van der Waals surface area contributed by atoms with Crippen molar-refractivity contribution in [1.82, 2.24) is 0 Å². The van der Waals surface area contributed by atoms with Crippen molar-refractivity contribution in [2.45, 2.75) is 13.3 Å². The molecule has 1 aromatic carbocycles. The second-order valence-corrected chi connectivity index (χ2v) is 8.78. The molecule has 1 aliphatic rings. The molecule has 0 spiro atoms. The van der Waals surface area contributed by atoms with Crippen LogP contribution in [-0.4, -0.2) is 6.61 Å². The Morgan fingerprint density at radius 2 is 2.07 bits per heavy atom. The van der Waals surface area contributed by atoms with Crippen LogP contribution in [0.15, 0.2) is 51.8 Å². The van der Waals surface area contributed by atoms with E-state index in [1.807, 2.05) is 0 Å². The van der Waals surface area contributed by atoms with Crippen molar-refractivity contribution in [2.24, 2.45) is 0 Å². The van der Waals surface area contributed by atoms with Gasteiger partial charge < -0.3 is 0 Å². The van der Waals surface area contributed by atoms with Crippen LogP contribution in [0.1, 0.15) is 13.3 Å². The first-order chi connectivity index (χ1) is 7.42. The van der Waals surface area contributed by atoms with Gasteiger partial charge in [0.25, 0.3) is 0 Å². The summed E-state index contributed by atoms with van der Waals surface area (Å²) >= 11 is -1.96. The van der Waals surface area contributed by atoms with Crippen molar-refractivity contribution < 1.29 is 25.0 Å². The third-order valence-electron chi connectivity index (χ3n) is 2.39. The molecule has 2 heteroatoms. The number of allylic oxidation sites excluding steroid dienone is 4. The SMILES string of the molecule is CC[O][Zr]([C]1=CC=CC1)[c]1ccccc1. The fraction of sp³-hybridized carbons (Fsp3) is 0.231. The van der Waals surface area contributed by atoms with Gasteiger partial charge in [-0.15, -0.1) is 0 Å². The van der Waals surface area contributed by atoms with Crippen LogP contribution in [0.3, 0.4) is 0 Å². The van der Waals surface area contributed by atoms with Crippen molar-refractivity contribution in [3.63, 3.8) is 0 Å². The van der Waals surface area contributed by atoms with Crippen molar-refractivity contribution in [3.05, 3.63) is 51.8 Å². The maximum atomic E-state index is 6.00. The minimum atomic E-state index is -1.96. The molecule has 2 rings (SSSR count). The van der Waals surface area contributed by atoms with Gasteiger partial charge in [0.15, 0.2) is 0 Å². The zero-order valence-electron chi connectivity index (χ0n) is 8.94. The summed E-state index contributed by atoms with van der Waals surface area (Å²) in [7, 11) is 0. The van der Waals surface area contributed by atoms with Crippen LogP contribution in [0.5, 0.6) is 0 Å². The van der Waals surface area contributed by atoms with Crippen molar-refractivity contribution in [2.75, 3.05) is 6.61 Å². The topological polar surface area (TPSA) is 9.23 Å². The van der Waals surface area contributed by atoms with E-state index in [-0.39, 0.29) is 0 Å². The van der Waals surface area contributed by atoms with Gasteiger partial charge in [0, 0.05) is 0 Å². The van der Waals surface area contributed by atoms with E-state index in [1.54, 1.807) is 3.28 Å². The zero-order chi connectivity index (χ0) is 10.5. The van der Waals surface area contributed by atoms with E-state index in [2.05, 4.69) is 55.5 Å². The van der Waals surface area contributed by atoms with E-state index in [0.29, 0.717) is 0 Å². The summed E-state index contributed by atoms with van der Waals surface area (Å²) in [6.07, 6.45) is 7.72. The van der Waals surface area contributed by atoms with Gasteiger partial charge in [0.05, 0.1) is 0 Å². The molecule has 0 unspecified atom stereocenters. The van der Waals surface area contributed by atoms with Crippen LogP contribution in [0.25, 0.3) is 0 Å². The van der Waals surface area contributed by atoms with Crippen LogP contribution in [0, 0.1) is 0 Å². The first-order valence-electron chi connectivity index (χ1n) is 5.33. The van der Waals surface area contributed by atoms with Gasteiger partial charge in [0.1, 0.15) is 0 Å². The Bertz CT molecular complexity index is 367. The molecule has 0 N–H and O–H groups in total. The van der Waals surface area contributed by atoms with Gasteiger partial charge in [-0.1, -0.05) is 0 Å². The summed E-state index contributed by atoms with van der Waals surface area (Å²) in [5.74, 6) is 0. The fourth-order valence-electron chi connectivity index (χ4n) is 1.71. The molecule has 1 aliphatic carbocycles.